The summed E-state index contributed by atoms with van der Waals surface area (Å²) >= 11 is 1.65. The average Bonchev–Trinajstić information content (AvgIpc) is 3.27. The standard InChI is InChI=1S/C17H14N2OS/c20-16(11-9-10-11)18-13-6-2-1-5-12(13)17-19-14-7-3-4-8-15(14)21-17/h1-8,11H,9-10H2,(H,18,20). The van der Waals surface area contributed by atoms with Gasteiger partial charge in [-0.05, 0) is 37.1 Å². The number of thiazole rings is 1. The summed E-state index contributed by atoms with van der Waals surface area (Å²) in [6, 6.07) is 16.0. The summed E-state index contributed by atoms with van der Waals surface area (Å²) in [5, 5.41) is 3.99. The van der Waals surface area contributed by atoms with Crippen molar-refractivity contribution in [3.05, 3.63) is 48.5 Å². The van der Waals surface area contributed by atoms with E-state index in [9.17, 15) is 4.79 Å². The van der Waals surface area contributed by atoms with Crippen molar-refractivity contribution >= 4 is 33.1 Å². The van der Waals surface area contributed by atoms with E-state index in [0.29, 0.717) is 0 Å². The molecule has 1 fully saturated rings. The number of fused-ring (bicyclic) bond motifs is 1. The first kappa shape index (κ1) is 12.5. The van der Waals surface area contributed by atoms with Crippen molar-refractivity contribution in [2.75, 3.05) is 5.32 Å². The van der Waals surface area contributed by atoms with Gasteiger partial charge in [-0.1, -0.05) is 24.3 Å². The van der Waals surface area contributed by atoms with Gasteiger partial charge >= 0.3 is 0 Å². The number of nitrogens with one attached hydrogen (secondary N) is 1. The lowest BCUT2D eigenvalue weighted by atomic mass is 10.2. The minimum absolute atomic E-state index is 0.128. The molecule has 4 rings (SSSR count). The van der Waals surface area contributed by atoms with Gasteiger partial charge in [0.2, 0.25) is 5.91 Å². The van der Waals surface area contributed by atoms with E-state index in [0.717, 1.165) is 39.3 Å². The Balaban J connectivity index is 1.74. The van der Waals surface area contributed by atoms with Gasteiger partial charge < -0.3 is 5.32 Å². The fourth-order valence-electron chi connectivity index (χ4n) is 2.35. The number of carbonyl (C=O) groups is 1. The molecule has 1 N–H and O–H groups in total. The molecule has 0 unspecified atom stereocenters. The zero-order valence-corrected chi connectivity index (χ0v) is 12.2. The molecule has 0 atom stereocenters. The number of amides is 1. The normalized spacial score (nSPS) is 14.3. The summed E-state index contributed by atoms with van der Waals surface area (Å²) in [7, 11) is 0. The molecule has 1 saturated carbocycles. The number of hydrogen-bond donors (Lipinski definition) is 1. The molecule has 0 aliphatic heterocycles. The lowest BCUT2D eigenvalue weighted by Crippen LogP contribution is -2.13. The molecule has 104 valence electrons. The van der Waals surface area contributed by atoms with E-state index in [1.165, 1.54) is 0 Å². The summed E-state index contributed by atoms with van der Waals surface area (Å²) in [5.74, 6) is 0.331. The van der Waals surface area contributed by atoms with Crippen LogP contribution in [0.2, 0.25) is 0 Å². The molecule has 3 nitrogen and oxygen atoms in total. The third-order valence-corrected chi connectivity index (χ3v) is 4.73. The number of para-hydroxylation sites is 2. The van der Waals surface area contributed by atoms with Crippen LogP contribution in [-0.4, -0.2) is 10.9 Å². The zero-order valence-electron chi connectivity index (χ0n) is 11.4. The Morgan fingerprint density at radius 2 is 1.86 bits per heavy atom. The molecule has 1 aromatic heterocycles. The summed E-state index contributed by atoms with van der Waals surface area (Å²) in [6.45, 7) is 0. The Hall–Kier alpha value is -2.20. The quantitative estimate of drug-likeness (QED) is 0.782. The molecule has 0 radical (unpaired) electrons. The van der Waals surface area contributed by atoms with Crippen LogP contribution < -0.4 is 5.32 Å². The van der Waals surface area contributed by atoms with E-state index < -0.39 is 0 Å². The van der Waals surface area contributed by atoms with Crippen LogP contribution in [0.25, 0.3) is 20.8 Å². The maximum Gasteiger partial charge on any atom is 0.227 e. The Morgan fingerprint density at radius 1 is 1.10 bits per heavy atom. The molecule has 3 aromatic rings. The van der Waals surface area contributed by atoms with Gasteiger partial charge in [-0.25, -0.2) is 4.98 Å². The Kier molecular flexibility index (Phi) is 2.97. The predicted molar refractivity (Wildman–Crippen MR) is 86.4 cm³/mol. The number of benzene rings is 2. The number of anilines is 1. The van der Waals surface area contributed by atoms with Gasteiger partial charge in [0, 0.05) is 11.5 Å². The molecule has 1 amide bonds. The smallest absolute Gasteiger partial charge is 0.227 e. The van der Waals surface area contributed by atoms with Gasteiger partial charge in [0.1, 0.15) is 5.01 Å². The summed E-state index contributed by atoms with van der Waals surface area (Å²) < 4.78 is 1.16. The monoisotopic (exact) mass is 294 g/mol. The molecule has 0 spiro atoms. The zero-order chi connectivity index (χ0) is 14.2. The van der Waals surface area contributed by atoms with E-state index in [2.05, 4.69) is 16.4 Å². The molecule has 1 aliphatic rings. The van der Waals surface area contributed by atoms with Crippen molar-refractivity contribution in [2.24, 2.45) is 5.92 Å². The van der Waals surface area contributed by atoms with Crippen LogP contribution in [0, 0.1) is 5.92 Å². The molecule has 21 heavy (non-hydrogen) atoms. The van der Waals surface area contributed by atoms with Gasteiger partial charge in [-0.15, -0.1) is 11.3 Å². The highest BCUT2D eigenvalue weighted by Crippen LogP contribution is 2.36. The highest BCUT2D eigenvalue weighted by molar-refractivity contribution is 7.21. The fourth-order valence-corrected chi connectivity index (χ4v) is 3.35. The fraction of sp³-hybridized carbons (Fsp3) is 0.176. The van der Waals surface area contributed by atoms with E-state index >= 15 is 0 Å². The van der Waals surface area contributed by atoms with Crippen LogP contribution in [0.1, 0.15) is 12.8 Å². The first-order valence-corrected chi connectivity index (χ1v) is 7.89. The van der Waals surface area contributed by atoms with Crippen molar-refractivity contribution in [1.29, 1.82) is 0 Å². The van der Waals surface area contributed by atoms with Crippen LogP contribution >= 0.6 is 11.3 Å². The van der Waals surface area contributed by atoms with Gasteiger partial charge in [-0.2, -0.15) is 0 Å². The number of hydrogen-bond acceptors (Lipinski definition) is 3. The maximum absolute atomic E-state index is 12.0. The van der Waals surface area contributed by atoms with Crippen molar-refractivity contribution in [1.82, 2.24) is 4.98 Å². The van der Waals surface area contributed by atoms with Crippen molar-refractivity contribution in [2.45, 2.75) is 12.8 Å². The van der Waals surface area contributed by atoms with Gasteiger partial charge in [0.15, 0.2) is 0 Å². The van der Waals surface area contributed by atoms with Gasteiger partial charge in [0.25, 0.3) is 0 Å². The lowest BCUT2D eigenvalue weighted by Gasteiger charge is -2.08. The topological polar surface area (TPSA) is 42.0 Å². The SMILES string of the molecule is O=C(Nc1ccccc1-c1nc2ccccc2s1)C1CC1. The molecule has 2 aromatic carbocycles. The van der Waals surface area contributed by atoms with Crippen LogP contribution in [0.5, 0.6) is 0 Å². The van der Waals surface area contributed by atoms with Crippen LogP contribution in [0.15, 0.2) is 48.5 Å². The molecular formula is C17H14N2OS. The summed E-state index contributed by atoms with van der Waals surface area (Å²) in [6.07, 6.45) is 2.02. The minimum Gasteiger partial charge on any atom is -0.325 e. The Bertz CT molecular complexity index is 787. The highest BCUT2D eigenvalue weighted by atomic mass is 32.1. The number of rotatable bonds is 3. The highest BCUT2D eigenvalue weighted by Gasteiger charge is 2.30. The van der Waals surface area contributed by atoms with Gasteiger partial charge in [0.05, 0.1) is 15.9 Å². The van der Waals surface area contributed by atoms with E-state index in [1.54, 1.807) is 11.3 Å². The predicted octanol–water partition coefficient (Wildman–Crippen LogP) is 4.31. The maximum atomic E-state index is 12.0. The van der Waals surface area contributed by atoms with Crippen molar-refractivity contribution < 1.29 is 4.79 Å². The van der Waals surface area contributed by atoms with Crippen molar-refractivity contribution in [3.63, 3.8) is 0 Å². The molecule has 0 bridgehead atoms. The number of aromatic nitrogens is 1. The molecular weight excluding hydrogens is 280 g/mol. The third kappa shape index (κ3) is 2.43. The van der Waals surface area contributed by atoms with Crippen LogP contribution in [0.3, 0.4) is 0 Å². The molecule has 0 saturated heterocycles. The second-order valence-electron chi connectivity index (χ2n) is 5.30. The van der Waals surface area contributed by atoms with Crippen molar-refractivity contribution in [3.8, 4) is 10.6 Å². The summed E-state index contributed by atoms with van der Waals surface area (Å²) in [5.41, 5.74) is 2.85. The second kappa shape index (κ2) is 4.97. The van der Waals surface area contributed by atoms with E-state index in [-0.39, 0.29) is 11.8 Å². The van der Waals surface area contributed by atoms with Crippen LogP contribution in [0.4, 0.5) is 5.69 Å². The molecule has 1 aliphatic carbocycles. The van der Waals surface area contributed by atoms with E-state index in [1.807, 2.05) is 42.5 Å². The molecule has 1 heterocycles. The minimum atomic E-state index is 0.128. The second-order valence-corrected chi connectivity index (χ2v) is 6.33. The average molecular weight is 294 g/mol. The number of carbonyl (C=O) groups excluding carboxylic acids is 1. The third-order valence-electron chi connectivity index (χ3n) is 3.66. The Labute approximate surface area is 126 Å². The molecule has 4 heteroatoms. The largest absolute Gasteiger partial charge is 0.325 e. The Morgan fingerprint density at radius 3 is 2.67 bits per heavy atom. The summed E-state index contributed by atoms with van der Waals surface area (Å²) in [4.78, 5) is 16.7. The van der Waals surface area contributed by atoms with E-state index in [4.69, 9.17) is 0 Å². The van der Waals surface area contributed by atoms with Crippen LogP contribution in [-0.2, 0) is 4.79 Å². The first-order chi connectivity index (χ1) is 10.3. The lowest BCUT2D eigenvalue weighted by molar-refractivity contribution is -0.117. The van der Waals surface area contributed by atoms with Gasteiger partial charge in [-0.3, -0.25) is 4.79 Å². The number of nitrogens with zero attached hydrogens (tertiary/aromatic N) is 1. The first-order valence-electron chi connectivity index (χ1n) is 7.07.